The van der Waals surface area contributed by atoms with Crippen molar-refractivity contribution in [3.05, 3.63) is 34.9 Å². The van der Waals surface area contributed by atoms with Crippen LogP contribution in [0.25, 0.3) is 0 Å². The van der Waals surface area contributed by atoms with Crippen LogP contribution in [-0.4, -0.2) is 31.1 Å². The van der Waals surface area contributed by atoms with Gasteiger partial charge < -0.3 is 16.4 Å². The van der Waals surface area contributed by atoms with Crippen LogP contribution < -0.4 is 11.5 Å². The largest absolute Gasteiger partial charge is 0.329 e. The maximum Gasteiger partial charge on any atom is 0.0327 e. The third kappa shape index (κ3) is 3.56. The third-order valence-electron chi connectivity index (χ3n) is 4.38. The molecule has 0 aromatic heterocycles. The second-order valence-electron chi connectivity index (χ2n) is 5.85. The molecular formula is C16H27N3. The Labute approximate surface area is 117 Å². The second-order valence-corrected chi connectivity index (χ2v) is 5.85. The van der Waals surface area contributed by atoms with E-state index >= 15 is 0 Å². The standard InChI is InChI=1S/C16H27N3/c1-12-3-4-13(2)15(11-12)16(18)14-5-8-19(9-6-14)10-7-17/h3-4,11,14,16H,5-10,17-18H2,1-2H3. The predicted octanol–water partition coefficient (Wildman–Crippen LogP) is 1.97. The summed E-state index contributed by atoms with van der Waals surface area (Å²) in [7, 11) is 0. The molecule has 3 nitrogen and oxygen atoms in total. The molecule has 1 fully saturated rings. The Morgan fingerprint density at radius 2 is 1.95 bits per heavy atom. The van der Waals surface area contributed by atoms with E-state index in [4.69, 9.17) is 11.5 Å². The second kappa shape index (κ2) is 6.51. The highest BCUT2D eigenvalue weighted by atomic mass is 15.1. The first-order chi connectivity index (χ1) is 9.11. The van der Waals surface area contributed by atoms with Gasteiger partial charge in [-0.05, 0) is 56.8 Å². The Kier molecular flexibility index (Phi) is 4.97. The predicted molar refractivity (Wildman–Crippen MR) is 81.1 cm³/mol. The van der Waals surface area contributed by atoms with Crippen molar-refractivity contribution in [2.45, 2.75) is 32.7 Å². The summed E-state index contributed by atoms with van der Waals surface area (Å²) in [5.74, 6) is 0.606. The number of likely N-dealkylation sites (tertiary alicyclic amines) is 1. The number of piperidine rings is 1. The molecule has 1 saturated heterocycles. The molecule has 0 bridgehead atoms. The summed E-state index contributed by atoms with van der Waals surface area (Å²) >= 11 is 0. The van der Waals surface area contributed by atoms with Crippen molar-refractivity contribution in [1.82, 2.24) is 4.90 Å². The Morgan fingerprint density at radius 1 is 1.26 bits per heavy atom. The highest BCUT2D eigenvalue weighted by molar-refractivity contribution is 5.33. The lowest BCUT2D eigenvalue weighted by Gasteiger charge is -2.35. The zero-order valence-electron chi connectivity index (χ0n) is 12.2. The van der Waals surface area contributed by atoms with Gasteiger partial charge in [0.2, 0.25) is 0 Å². The number of hydrogen-bond donors (Lipinski definition) is 2. The van der Waals surface area contributed by atoms with E-state index in [1.54, 1.807) is 0 Å². The fourth-order valence-electron chi connectivity index (χ4n) is 3.09. The van der Waals surface area contributed by atoms with E-state index in [0.29, 0.717) is 5.92 Å². The molecule has 2 rings (SSSR count). The van der Waals surface area contributed by atoms with Crippen molar-refractivity contribution < 1.29 is 0 Å². The first-order valence-electron chi connectivity index (χ1n) is 7.37. The summed E-state index contributed by atoms with van der Waals surface area (Å²) in [6.45, 7) is 8.36. The van der Waals surface area contributed by atoms with Crippen LogP contribution in [0.2, 0.25) is 0 Å². The lowest BCUT2D eigenvalue weighted by Crippen LogP contribution is -2.39. The average molecular weight is 261 g/mol. The number of nitrogens with zero attached hydrogens (tertiary/aromatic N) is 1. The third-order valence-corrected chi connectivity index (χ3v) is 4.38. The van der Waals surface area contributed by atoms with Gasteiger partial charge in [-0.1, -0.05) is 23.8 Å². The summed E-state index contributed by atoms with van der Waals surface area (Å²) in [6.07, 6.45) is 2.38. The number of aryl methyl sites for hydroxylation is 2. The van der Waals surface area contributed by atoms with Crippen molar-refractivity contribution >= 4 is 0 Å². The van der Waals surface area contributed by atoms with Gasteiger partial charge in [0.15, 0.2) is 0 Å². The average Bonchev–Trinajstić information content (AvgIpc) is 2.42. The Hall–Kier alpha value is -0.900. The van der Waals surface area contributed by atoms with Gasteiger partial charge in [0.05, 0.1) is 0 Å². The van der Waals surface area contributed by atoms with Crippen LogP contribution in [0.1, 0.15) is 35.6 Å². The van der Waals surface area contributed by atoms with Crippen LogP contribution in [0.3, 0.4) is 0 Å². The quantitative estimate of drug-likeness (QED) is 0.871. The topological polar surface area (TPSA) is 55.3 Å². The van der Waals surface area contributed by atoms with Crippen molar-refractivity contribution in [3.8, 4) is 0 Å². The SMILES string of the molecule is Cc1ccc(C)c(C(N)C2CCN(CCN)CC2)c1. The smallest absolute Gasteiger partial charge is 0.0327 e. The molecule has 0 spiro atoms. The molecule has 1 heterocycles. The molecule has 1 aromatic rings. The monoisotopic (exact) mass is 261 g/mol. The molecule has 0 saturated carbocycles. The van der Waals surface area contributed by atoms with Crippen LogP contribution in [0, 0.1) is 19.8 Å². The molecule has 1 aliphatic rings. The van der Waals surface area contributed by atoms with Gasteiger partial charge in [0.25, 0.3) is 0 Å². The summed E-state index contributed by atoms with van der Waals surface area (Å²) in [6, 6.07) is 6.79. The lowest BCUT2D eigenvalue weighted by atomic mass is 9.84. The molecule has 1 aliphatic heterocycles. The van der Waals surface area contributed by atoms with Gasteiger partial charge >= 0.3 is 0 Å². The first kappa shape index (κ1) is 14.5. The van der Waals surface area contributed by atoms with E-state index in [9.17, 15) is 0 Å². The van der Waals surface area contributed by atoms with Crippen LogP contribution in [0.5, 0.6) is 0 Å². The van der Waals surface area contributed by atoms with Gasteiger partial charge in [0, 0.05) is 19.1 Å². The van der Waals surface area contributed by atoms with Crippen LogP contribution in [0.4, 0.5) is 0 Å². The zero-order valence-corrected chi connectivity index (χ0v) is 12.2. The molecule has 1 atom stereocenters. The van der Waals surface area contributed by atoms with Gasteiger partial charge in [-0.25, -0.2) is 0 Å². The van der Waals surface area contributed by atoms with E-state index < -0.39 is 0 Å². The highest BCUT2D eigenvalue weighted by Crippen LogP contribution is 2.30. The van der Waals surface area contributed by atoms with E-state index in [2.05, 4.69) is 36.9 Å². The molecule has 0 amide bonds. The van der Waals surface area contributed by atoms with Gasteiger partial charge in [-0.3, -0.25) is 0 Å². The number of hydrogen-bond acceptors (Lipinski definition) is 3. The van der Waals surface area contributed by atoms with Gasteiger partial charge in [-0.2, -0.15) is 0 Å². The van der Waals surface area contributed by atoms with Gasteiger partial charge in [0.1, 0.15) is 0 Å². The number of nitrogens with two attached hydrogens (primary N) is 2. The van der Waals surface area contributed by atoms with E-state index in [1.807, 2.05) is 0 Å². The molecule has 0 radical (unpaired) electrons. The van der Waals surface area contributed by atoms with Crippen LogP contribution >= 0.6 is 0 Å². The fraction of sp³-hybridized carbons (Fsp3) is 0.625. The van der Waals surface area contributed by atoms with Crippen LogP contribution in [-0.2, 0) is 0 Å². The highest BCUT2D eigenvalue weighted by Gasteiger charge is 2.25. The number of benzene rings is 1. The lowest BCUT2D eigenvalue weighted by molar-refractivity contribution is 0.172. The molecular weight excluding hydrogens is 234 g/mol. The molecule has 1 aromatic carbocycles. The molecule has 3 heteroatoms. The minimum atomic E-state index is 0.180. The van der Waals surface area contributed by atoms with Crippen LogP contribution in [0.15, 0.2) is 18.2 Å². The van der Waals surface area contributed by atoms with Gasteiger partial charge in [-0.15, -0.1) is 0 Å². The zero-order chi connectivity index (χ0) is 13.8. The normalized spacial score (nSPS) is 19.6. The van der Waals surface area contributed by atoms with Crippen molar-refractivity contribution in [2.75, 3.05) is 26.2 Å². The van der Waals surface area contributed by atoms with Crippen molar-refractivity contribution in [1.29, 1.82) is 0 Å². The minimum Gasteiger partial charge on any atom is -0.329 e. The molecule has 19 heavy (non-hydrogen) atoms. The summed E-state index contributed by atoms with van der Waals surface area (Å²) in [5, 5.41) is 0. The maximum absolute atomic E-state index is 6.52. The Bertz CT molecular complexity index is 408. The summed E-state index contributed by atoms with van der Waals surface area (Å²) in [4.78, 5) is 2.45. The maximum atomic E-state index is 6.52. The molecule has 0 aliphatic carbocycles. The Balaban J connectivity index is 2.01. The first-order valence-corrected chi connectivity index (χ1v) is 7.37. The van der Waals surface area contributed by atoms with E-state index in [1.165, 1.54) is 29.5 Å². The fourth-order valence-corrected chi connectivity index (χ4v) is 3.09. The summed E-state index contributed by atoms with van der Waals surface area (Å²) in [5.41, 5.74) is 16.1. The molecule has 1 unspecified atom stereocenters. The van der Waals surface area contributed by atoms with E-state index in [-0.39, 0.29) is 6.04 Å². The van der Waals surface area contributed by atoms with Crippen molar-refractivity contribution in [2.24, 2.45) is 17.4 Å². The Morgan fingerprint density at radius 3 is 2.58 bits per heavy atom. The summed E-state index contributed by atoms with van der Waals surface area (Å²) < 4.78 is 0. The minimum absolute atomic E-state index is 0.180. The molecule has 4 N–H and O–H groups in total. The molecule has 106 valence electrons. The van der Waals surface area contributed by atoms with Crippen molar-refractivity contribution in [3.63, 3.8) is 0 Å². The van der Waals surface area contributed by atoms with E-state index in [0.717, 1.165) is 26.2 Å². The number of rotatable bonds is 4.